The molecule has 1 aromatic heterocycles. The van der Waals surface area contributed by atoms with Crippen molar-refractivity contribution < 1.29 is 9.90 Å². The minimum Gasteiger partial charge on any atom is -0.478 e. The van der Waals surface area contributed by atoms with E-state index in [1.165, 1.54) is 16.9 Å². The molecule has 1 N–H and O–H groups in total. The van der Waals surface area contributed by atoms with Crippen LogP contribution in [-0.2, 0) is 5.75 Å². The molecule has 0 atom stereocenters. The Morgan fingerprint density at radius 1 is 1.53 bits per heavy atom. The molecular formula is C11H10O2S2. The predicted octanol–water partition coefficient (Wildman–Crippen LogP) is 3.46. The summed E-state index contributed by atoms with van der Waals surface area (Å²) in [5, 5.41) is 12.2. The fraction of sp³-hybridized carbons (Fsp3) is 0.182. The maximum atomic E-state index is 11.0. The van der Waals surface area contributed by atoms with Crippen molar-refractivity contribution in [3.8, 4) is 0 Å². The first-order valence-corrected chi connectivity index (χ1v) is 6.72. The highest BCUT2D eigenvalue weighted by Gasteiger charge is 2.11. The Bertz CT molecular complexity index is 502. The minimum atomic E-state index is -0.849. The van der Waals surface area contributed by atoms with Crippen LogP contribution in [0.2, 0.25) is 0 Å². The molecule has 0 aliphatic rings. The Hall–Kier alpha value is -1.00. The topological polar surface area (TPSA) is 37.3 Å². The third kappa shape index (κ3) is 1.87. The second kappa shape index (κ2) is 4.24. The van der Waals surface area contributed by atoms with Crippen molar-refractivity contribution in [2.24, 2.45) is 0 Å². The fourth-order valence-corrected chi connectivity index (χ4v) is 3.28. The van der Waals surface area contributed by atoms with Gasteiger partial charge in [-0.15, -0.1) is 11.3 Å². The number of hydrogen-bond acceptors (Lipinski definition) is 3. The third-order valence-electron chi connectivity index (χ3n) is 2.21. The minimum absolute atomic E-state index is 0.407. The smallest absolute Gasteiger partial charge is 0.337 e. The molecule has 0 aliphatic heterocycles. The van der Waals surface area contributed by atoms with Gasteiger partial charge in [0.15, 0.2) is 0 Å². The van der Waals surface area contributed by atoms with Gasteiger partial charge < -0.3 is 5.11 Å². The van der Waals surface area contributed by atoms with Gasteiger partial charge in [-0.3, -0.25) is 0 Å². The number of carboxylic acid groups (broad SMARTS) is 1. The van der Waals surface area contributed by atoms with Crippen molar-refractivity contribution in [2.75, 3.05) is 6.26 Å². The molecular weight excluding hydrogens is 228 g/mol. The standard InChI is InChI=1S/C11H10O2S2/c1-14-5-7-6-15-10-8(7)3-2-4-9(10)11(12)13/h2-4,6H,5H2,1H3,(H,12,13). The van der Waals surface area contributed by atoms with E-state index in [2.05, 4.69) is 0 Å². The number of carboxylic acids is 1. The van der Waals surface area contributed by atoms with Crippen LogP contribution in [0.4, 0.5) is 0 Å². The summed E-state index contributed by atoms with van der Waals surface area (Å²) in [6, 6.07) is 5.45. The molecule has 78 valence electrons. The molecule has 1 aromatic carbocycles. The SMILES string of the molecule is CSCc1csc2c(C(=O)O)cccc12. The summed E-state index contributed by atoms with van der Waals surface area (Å²) < 4.78 is 0.883. The lowest BCUT2D eigenvalue weighted by Crippen LogP contribution is -1.95. The van der Waals surface area contributed by atoms with E-state index in [1.807, 2.05) is 23.8 Å². The summed E-state index contributed by atoms with van der Waals surface area (Å²) in [4.78, 5) is 11.0. The molecule has 0 unspecified atom stereocenters. The van der Waals surface area contributed by atoms with E-state index in [0.29, 0.717) is 5.56 Å². The van der Waals surface area contributed by atoms with E-state index < -0.39 is 5.97 Å². The molecule has 1 heterocycles. The first kappa shape index (κ1) is 10.5. The lowest BCUT2D eigenvalue weighted by molar-refractivity contribution is 0.0699. The lowest BCUT2D eigenvalue weighted by atomic mass is 10.1. The number of aromatic carboxylic acids is 1. The number of rotatable bonds is 3. The summed E-state index contributed by atoms with van der Waals surface area (Å²) >= 11 is 3.26. The zero-order valence-electron chi connectivity index (χ0n) is 8.19. The van der Waals surface area contributed by atoms with Crippen LogP contribution in [0.3, 0.4) is 0 Å². The van der Waals surface area contributed by atoms with Gasteiger partial charge in [0.25, 0.3) is 0 Å². The molecule has 0 aliphatic carbocycles. The summed E-state index contributed by atoms with van der Waals surface area (Å²) in [7, 11) is 0. The highest BCUT2D eigenvalue weighted by atomic mass is 32.2. The first-order valence-electron chi connectivity index (χ1n) is 4.45. The normalized spacial score (nSPS) is 10.7. The second-order valence-corrected chi connectivity index (χ2v) is 4.93. The van der Waals surface area contributed by atoms with Crippen LogP contribution in [0.1, 0.15) is 15.9 Å². The number of benzene rings is 1. The zero-order chi connectivity index (χ0) is 10.8. The summed E-state index contributed by atoms with van der Waals surface area (Å²) in [5.74, 6) is 0.0847. The van der Waals surface area contributed by atoms with Crippen LogP contribution in [0, 0.1) is 0 Å². The van der Waals surface area contributed by atoms with Gasteiger partial charge in [-0.25, -0.2) is 4.79 Å². The number of thioether (sulfide) groups is 1. The predicted molar refractivity (Wildman–Crippen MR) is 66.0 cm³/mol. The van der Waals surface area contributed by atoms with Crippen LogP contribution in [0.5, 0.6) is 0 Å². The maximum Gasteiger partial charge on any atom is 0.337 e. The molecule has 0 saturated heterocycles. The highest BCUT2D eigenvalue weighted by molar-refractivity contribution is 7.97. The van der Waals surface area contributed by atoms with Gasteiger partial charge in [-0.1, -0.05) is 12.1 Å². The summed E-state index contributed by atoms with van der Waals surface area (Å²) in [6.45, 7) is 0. The van der Waals surface area contributed by atoms with Crippen LogP contribution >= 0.6 is 23.1 Å². The summed E-state index contributed by atoms with van der Waals surface area (Å²) in [5.41, 5.74) is 1.63. The average Bonchev–Trinajstić information content (AvgIpc) is 2.62. The van der Waals surface area contributed by atoms with Crippen LogP contribution < -0.4 is 0 Å². The van der Waals surface area contributed by atoms with E-state index >= 15 is 0 Å². The number of hydrogen-bond donors (Lipinski definition) is 1. The van der Waals surface area contributed by atoms with Gasteiger partial charge >= 0.3 is 5.97 Å². The molecule has 15 heavy (non-hydrogen) atoms. The van der Waals surface area contributed by atoms with Crippen LogP contribution in [-0.4, -0.2) is 17.3 Å². The summed E-state index contributed by atoms with van der Waals surface area (Å²) in [6.07, 6.45) is 2.05. The zero-order valence-corrected chi connectivity index (χ0v) is 9.82. The van der Waals surface area contributed by atoms with Gasteiger partial charge in [-0.2, -0.15) is 11.8 Å². The molecule has 0 spiro atoms. The van der Waals surface area contributed by atoms with E-state index in [4.69, 9.17) is 5.11 Å². The Kier molecular flexibility index (Phi) is 2.98. The molecule has 0 amide bonds. The van der Waals surface area contributed by atoms with Gasteiger partial charge in [0, 0.05) is 10.5 Å². The molecule has 2 rings (SSSR count). The Labute approximate surface area is 95.9 Å². The first-order chi connectivity index (χ1) is 7.24. The van der Waals surface area contributed by atoms with Gasteiger partial charge in [0.1, 0.15) is 0 Å². The van der Waals surface area contributed by atoms with Crippen LogP contribution in [0.25, 0.3) is 10.1 Å². The molecule has 0 bridgehead atoms. The largest absolute Gasteiger partial charge is 0.478 e. The molecule has 0 fully saturated rings. The van der Waals surface area contributed by atoms with Crippen molar-refractivity contribution in [1.29, 1.82) is 0 Å². The molecule has 2 nitrogen and oxygen atoms in total. The average molecular weight is 238 g/mol. The van der Waals surface area contributed by atoms with E-state index in [1.54, 1.807) is 17.8 Å². The van der Waals surface area contributed by atoms with E-state index in [-0.39, 0.29) is 0 Å². The van der Waals surface area contributed by atoms with Gasteiger partial charge in [0.2, 0.25) is 0 Å². The van der Waals surface area contributed by atoms with Crippen molar-refractivity contribution in [3.63, 3.8) is 0 Å². The molecule has 2 aromatic rings. The molecule has 0 radical (unpaired) electrons. The second-order valence-electron chi connectivity index (χ2n) is 3.18. The quantitative estimate of drug-likeness (QED) is 0.889. The maximum absolute atomic E-state index is 11.0. The lowest BCUT2D eigenvalue weighted by Gasteiger charge is -1.98. The number of carbonyl (C=O) groups is 1. The monoisotopic (exact) mass is 238 g/mol. The Morgan fingerprint density at radius 2 is 2.33 bits per heavy atom. The Morgan fingerprint density at radius 3 is 3.00 bits per heavy atom. The van der Waals surface area contributed by atoms with E-state index in [0.717, 1.165) is 15.8 Å². The number of thiophene rings is 1. The Balaban J connectivity index is 2.63. The van der Waals surface area contributed by atoms with Crippen molar-refractivity contribution in [2.45, 2.75) is 5.75 Å². The molecule has 0 saturated carbocycles. The van der Waals surface area contributed by atoms with Crippen LogP contribution in [0.15, 0.2) is 23.6 Å². The van der Waals surface area contributed by atoms with Gasteiger partial charge in [0.05, 0.1) is 5.56 Å². The highest BCUT2D eigenvalue weighted by Crippen LogP contribution is 2.30. The number of fused-ring (bicyclic) bond motifs is 1. The molecule has 4 heteroatoms. The third-order valence-corrected chi connectivity index (χ3v) is 3.89. The van der Waals surface area contributed by atoms with E-state index in [9.17, 15) is 4.79 Å². The fourth-order valence-electron chi connectivity index (χ4n) is 1.55. The van der Waals surface area contributed by atoms with Crippen molar-refractivity contribution in [1.82, 2.24) is 0 Å². The van der Waals surface area contributed by atoms with Gasteiger partial charge in [-0.05, 0) is 28.7 Å². The van der Waals surface area contributed by atoms with Crippen molar-refractivity contribution >= 4 is 39.2 Å². The van der Waals surface area contributed by atoms with Crippen molar-refractivity contribution in [3.05, 3.63) is 34.7 Å².